The van der Waals surface area contributed by atoms with E-state index in [2.05, 4.69) is 27.0 Å². The van der Waals surface area contributed by atoms with Gasteiger partial charge in [0.15, 0.2) is 5.82 Å². The van der Waals surface area contributed by atoms with Gasteiger partial charge in [0.25, 0.3) is 6.43 Å². The molecule has 2 aliphatic heterocycles. The highest BCUT2D eigenvalue weighted by molar-refractivity contribution is 5.71. The molecule has 1 aromatic heterocycles. The van der Waals surface area contributed by atoms with Gasteiger partial charge in [-0.15, -0.1) is 10.2 Å². The summed E-state index contributed by atoms with van der Waals surface area (Å²) in [7, 11) is 2.09. The maximum absolute atomic E-state index is 13.7. The molecule has 0 spiro atoms. The van der Waals surface area contributed by atoms with Crippen molar-refractivity contribution in [3.05, 3.63) is 40.5 Å². The first kappa shape index (κ1) is 21.9. The highest BCUT2D eigenvalue weighted by Crippen LogP contribution is 2.40. The largest absolute Gasteiger partial charge is 0.416 e. The van der Waals surface area contributed by atoms with Gasteiger partial charge in [-0.25, -0.2) is 8.78 Å². The minimum absolute atomic E-state index is 0.00493. The first-order chi connectivity index (χ1) is 14.7. The fourth-order valence-corrected chi connectivity index (χ4v) is 4.75. The van der Waals surface area contributed by atoms with E-state index < -0.39 is 23.7 Å². The molecule has 0 saturated carbocycles. The number of likely N-dealkylation sites (N-methyl/N-ethyl adjacent to an activating group) is 1. The van der Waals surface area contributed by atoms with Crippen LogP contribution in [0.3, 0.4) is 0 Å². The molecule has 1 unspecified atom stereocenters. The number of aromatic nitrogens is 2. The van der Waals surface area contributed by atoms with Crippen molar-refractivity contribution in [1.82, 2.24) is 15.1 Å². The summed E-state index contributed by atoms with van der Waals surface area (Å²) >= 11 is 0. The molecular weight excluding hydrogens is 415 g/mol. The Labute approximate surface area is 178 Å². The third-order valence-corrected chi connectivity index (χ3v) is 6.33. The van der Waals surface area contributed by atoms with Gasteiger partial charge in [-0.2, -0.15) is 13.2 Å². The topological polar surface area (TPSA) is 32.3 Å². The van der Waals surface area contributed by atoms with Gasteiger partial charge >= 0.3 is 6.18 Å². The molecule has 0 aliphatic carbocycles. The molecule has 4 rings (SSSR count). The molecule has 1 atom stereocenters. The van der Waals surface area contributed by atoms with Crippen molar-refractivity contribution in [2.75, 3.05) is 31.6 Å². The minimum atomic E-state index is -4.69. The summed E-state index contributed by atoms with van der Waals surface area (Å²) in [5.41, 5.74) is 0.122. The number of hydrogen-bond acceptors (Lipinski definition) is 4. The van der Waals surface area contributed by atoms with E-state index in [1.165, 1.54) is 0 Å². The molecule has 2 aromatic rings. The van der Waals surface area contributed by atoms with Crippen LogP contribution >= 0.6 is 0 Å². The fourth-order valence-electron chi connectivity index (χ4n) is 4.75. The molecule has 0 bridgehead atoms. The van der Waals surface area contributed by atoms with Crippen LogP contribution in [0, 0.1) is 6.92 Å². The second-order valence-electron chi connectivity index (χ2n) is 8.43. The molecule has 0 radical (unpaired) electrons. The zero-order valence-electron chi connectivity index (χ0n) is 17.5. The number of piperidine rings is 1. The van der Waals surface area contributed by atoms with Crippen molar-refractivity contribution in [3.8, 4) is 11.3 Å². The van der Waals surface area contributed by atoms with E-state index in [0.29, 0.717) is 17.7 Å². The molecule has 168 valence electrons. The second kappa shape index (κ2) is 8.33. The van der Waals surface area contributed by atoms with Crippen LogP contribution in [-0.4, -0.2) is 47.8 Å². The van der Waals surface area contributed by atoms with E-state index in [-0.39, 0.29) is 11.3 Å². The first-order valence-electron chi connectivity index (χ1n) is 10.5. The number of anilines is 1. The average molecular weight is 440 g/mol. The Morgan fingerprint density at radius 2 is 1.87 bits per heavy atom. The Balaban J connectivity index is 1.75. The average Bonchev–Trinajstić information content (AvgIpc) is 2.73. The molecule has 3 heterocycles. The third-order valence-electron chi connectivity index (χ3n) is 6.33. The lowest BCUT2D eigenvalue weighted by atomic mass is 9.92. The summed E-state index contributed by atoms with van der Waals surface area (Å²) in [5, 5.41) is 8.64. The van der Waals surface area contributed by atoms with Crippen LogP contribution in [0.4, 0.5) is 27.8 Å². The Morgan fingerprint density at radius 3 is 2.55 bits per heavy atom. The molecule has 1 fully saturated rings. The Morgan fingerprint density at radius 1 is 1.10 bits per heavy atom. The van der Waals surface area contributed by atoms with Gasteiger partial charge < -0.3 is 9.80 Å². The van der Waals surface area contributed by atoms with Gasteiger partial charge in [-0.05, 0) is 63.9 Å². The number of likely N-dealkylation sites (tertiary alicyclic amines) is 1. The van der Waals surface area contributed by atoms with E-state index in [9.17, 15) is 22.0 Å². The van der Waals surface area contributed by atoms with Crippen molar-refractivity contribution in [2.45, 2.75) is 51.3 Å². The van der Waals surface area contributed by atoms with Crippen molar-refractivity contribution in [2.24, 2.45) is 0 Å². The Kier molecular flexibility index (Phi) is 5.89. The number of benzene rings is 1. The van der Waals surface area contributed by atoms with E-state index in [0.717, 1.165) is 68.8 Å². The van der Waals surface area contributed by atoms with Gasteiger partial charge in [0.1, 0.15) is 0 Å². The van der Waals surface area contributed by atoms with Crippen LogP contribution in [0.25, 0.3) is 11.3 Å². The molecular formula is C22H25F5N4. The fraction of sp³-hybridized carbons (Fsp3) is 0.545. The van der Waals surface area contributed by atoms with Crippen molar-refractivity contribution < 1.29 is 22.0 Å². The number of alkyl halides is 5. The van der Waals surface area contributed by atoms with Crippen LogP contribution in [-0.2, 0) is 12.6 Å². The lowest BCUT2D eigenvalue weighted by molar-refractivity contribution is -0.137. The number of fused-ring (bicyclic) bond motifs is 1. The maximum Gasteiger partial charge on any atom is 0.416 e. The molecule has 4 nitrogen and oxygen atoms in total. The van der Waals surface area contributed by atoms with E-state index >= 15 is 0 Å². The molecule has 0 N–H and O–H groups in total. The van der Waals surface area contributed by atoms with E-state index in [1.54, 1.807) is 6.92 Å². The van der Waals surface area contributed by atoms with Crippen molar-refractivity contribution >= 4 is 5.82 Å². The quantitative estimate of drug-likeness (QED) is 0.610. The van der Waals surface area contributed by atoms with Crippen LogP contribution in [0.2, 0.25) is 0 Å². The molecule has 31 heavy (non-hydrogen) atoms. The van der Waals surface area contributed by atoms with Gasteiger partial charge in [0.2, 0.25) is 0 Å². The summed E-state index contributed by atoms with van der Waals surface area (Å²) in [4.78, 5) is 4.55. The van der Waals surface area contributed by atoms with Crippen molar-refractivity contribution in [1.29, 1.82) is 0 Å². The first-order valence-corrected chi connectivity index (χ1v) is 10.5. The lowest BCUT2D eigenvalue weighted by Gasteiger charge is -2.41. The second-order valence-corrected chi connectivity index (χ2v) is 8.43. The van der Waals surface area contributed by atoms with Gasteiger partial charge in [-0.1, -0.05) is 6.07 Å². The van der Waals surface area contributed by atoms with Gasteiger partial charge in [0, 0.05) is 35.8 Å². The van der Waals surface area contributed by atoms with E-state index in [1.807, 2.05) is 0 Å². The summed E-state index contributed by atoms with van der Waals surface area (Å²) in [6.45, 7) is 4.65. The lowest BCUT2D eigenvalue weighted by Crippen LogP contribution is -2.49. The normalized spacial score (nSPS) is 20.3. The van der Waals surface area contributed by atoms with Crippen LogP contribution in [0.15, 0.2) is 18.2 Å². The van der Waals surface area contributed by atoms with Crippen LogP contribution in [0.1, 0.15) is 47.9 Å². The number of halogens is 5. The van der Waals surface area contributed by atoms with Gasteiger partial charge in [-0.3, -0.25) is 0 Å². The number of rotatable bonds is 3. The third kappa shape index (κ3) is 4.24. The molecule has 1 aromatic carbocycles. The van der Waals surface area contributed by atoms with Crippen LogP contribution in [0.5, 0.6) is 0 Å². The number of nitrogens with zero attached hydrogens (tertiary/aromatic N) is 4. The highest BCUT2D eigenvalue weighted by Gasteiger charge is 2.34. The van der Waals surface area contributed by atoms with Gasteiger partial charge in [0.05, 0.1) is 11.3 Å². The summed E-state index contributed by atoms with van der Waals surface area (Å²) < 4.78 is 66.4. The SMILES string of the molecule is Cc1c(-c2ccc(C(F)(F)F)cc2C(F)F)nnc2c1CCCN2C1CCCN(C)C1. The standard InChI is InChI=1S/C22H25F5N4/c1-13-16-6-4-10-31(15-5-3-9-30(2)12-15)21(16)29-28-19(13)17-8-7-14(22(25,26)27)11-18(17)20(23)24/h7-8,11,15,20H,3-6,9-10,12H2,1-2H3. The Hall–Kier alpha value is -2.29. The predicted molar refractivity (Wildman–Crippen MR) is 108 cm³/mol. The van der Waals surface area contributed by atoms with Crippen LogP contribution < -0.4 is 4.90 Å². The monoisotopic (exact) mass is 440 g/mol. The smallest absolute Gasteiger partial charge is 0.351 e. The Bertz CT molecular complexity index is 960. The molecule has 0 amide bonds. The summed E-state index contributed by atoms with van der Waals surface area (Å²) in [6.07, 6.45) is -3.93. The zero-order valence-corrected chi connectivity index (χ0v) is 17.5. The minimum Gasteiger partial charge on any atom is -0.351 e. The molecule has 1 saturated heterocycles. The van der Waals surface area contributed by atoms with Crippen molar-refractivity contribution in [3.63, 3.8) is 0 Å². The number of hydrogen-bond donors (Lipinski definition) is 0. The predicted octanol–water partition coefficient (Wildman–Crippen LogP) is 5.26. The summed E-state index contributed by atoms with van der Waals surface area (Å²) in [6, 6.07) is 2.75. The molecule has 2 aliphatic rings. The highest BCUT2D eigenvalue weighted by atomic mass is 19.4. The molecule has 9 heteroatoms. The summed E-state index contributed by atoms with van der Waals surface area (Å²) in [5.74, 6) is 0.776. The zero-order chi connectivity index (χ0) is 22.3. The maximum atomic E-state index is 13.7. The van der Waals surface area contributed by atoms with E-state index in [4.69, 9.17) is 0 Å².